The fourth-order valence-electron chi connectivity index (χ4n) is 1.58. The minimum Gasteiger partial charge on any atom is -0.384 e. The molecule has 17 heavy (non-hydrogen) atoms. The zero-order valence-electron chi connectivity index (χ0n) is 9.60. The van der Waals surface area contributed by atoms with E-state index < -0.39 is 0 Å². The predicted molar refractivity (Wildman–Crippen MR) is 72.2 cm³/mol. The van der Waals surface area contributed by atoms with E-state index in [1.54, 1.807) is 12.3 Å². The molecule has 2 aromatic rings. The third kappa shape index (κ3) is 3.11. The van der Waals surface area contributed by atoms with Gasteiger partial charge < -0.3 is 10.6 Å². The van der Waals surface area contributed by atoms with Gasteiger partial charge in [-0.3, -0.25) is 0 Å². The average Bonchev–Trinajstić information content (AvgIpc) is 2.33. The highest BCUT2D eigenvalue weighted by Crippen LogP contribution is 2.16. The number of benzene rings is 1. The van der Waals surface area contributed by atoms with Crippen LogP contribution < -0.4 is 10.6 Å². The maximum absolute atomic E-state index is 5.85. The van der Waals surface area contributed by atoms with Crippen LogP contribution >= 0.6 is 11.6 Å². The molecule has 0 bridgehead atoms. The summed E-state index contributed by atoms with van der Waals surface area (Å²) in [6.45, 7) is 0.808. The van der Waals surface area contributed by atoms with E-state index >= 15 is 0 Å². The molecule has 3 nitrogen and oxygen atoms in total. The lowest BCUT2D eigenvalue weighted by molar-refractivity contribution is 0.918. The number of aromatic nitrogens is 1. The monoisotopic (exact) mass is 247 g/mol. The van der Waals surface area contributed by atoms with Crippen molar-refractivity contribution in [3.63, 3.8) is 0 Å². The molecule has 0 atom stereocenters. The van der Waals surface area contributed by atoms with E-state index in [9.17, 15) is 0 Å². The highest BCUT2D eigenvalue weighted by Gasteiger charge is 2.02. The average molecular weight is 248 g/mol. The Morgan fingerprint density at radius 2 is 1.88 bits per heavy atom. The van der Waals surface area contributed by atoms with Gasteiger partial charge >= 0.3 is 0 Å². The molecule has 4 heteroatoms. The van der Waals surface area contributed by atoms with Crippen LogP contribution in [0, 0.1) is 0 Å². The topological polar surface area (TPSA) is 42.1 Å². The standard InChI is InChI=1S/C13H14ClN3/c1-17(12-6-7-13(15)16-8-12)9-10-2-4-11(14)5-3-10/h2-8H,9H2,1H3,(H2,15,16). The van der Waals surface area contributed by atoms with Crippen LogP contribution in [-0.4, -0.2) is 12.0 Å². The van der Waals surface area contributed by atoms with Crippen LogP contribution in [0.3, 0.4) is 0 Å². The quantitative estimate of drug-likeness (QED) is 0.907. The molecule has 2 N–H and O–H groups in total. The Hall–Kier alpha value is -1.74. The second-order valence-corrected chi connectivity index (χ2v) is 4.36. The summed E-state index contributed by atoms with van der Waals surface area (Å²) in [6, 6.07) is 11.6. The Balaban J connectivity index is 2.08. The summed E-state index contributed by atoms with van der Waals surface area (Å²) in [4.78, 5) is 6.18. The molecule has 0 spiro atoms. The third-order valence-electron chi connectivity index (χ3n) is 2.54. The van der Waals surface area contributed by atoms with Gasteiger partial charge in [0.05, 0.1) is 11.9 Å². The number of rotatable bonds is 3. The van der Waals surface area contributed by atoms with Crippen LogP contribution in [0.25, 0.3) is 0 Å². The molecule has 1 aromatic heterocycles. The van der Waals surface area contributed by atoms with E-state index in [0.717, 1.165) is 17.3 Å². The Bertz CT molecular complexity index is 479. The smallest absolute Gasteiger partial charge is 0.123 e. The van der Waals surface area contributed by atoms with Crippen LogP contribution in [0.1, 0.15) is 5.56 Å². The number of nitrogen functional groups attached to an aromatic ring is 1. The minimum atomic E-state index is 0.536. The van der Waals surface area contributed by atoms with Crippen molar-refractivity contribution in [2.24, 2.45) is 0 Å². The van der Waals surface area contributed by atoms with Crippen LogP contribution in [0.4, 0.5) is 11.5 Å². The number of pyridine rings is 1. The van der Waals surface area contributed by atoms with Crippen molar-refractivity contribution in [2.75, 3.05) is 17.7 Å². The first kappa shape index (κ1) is 11.7. The second kappa shape index (κ2) is 5.06. The molecule has 1 aromatic carbocycles. The lowest BCUT2D eigenvalue weighted by Gasteiger charge is -2.19. The zero-order valence-corrected chi connectivity index (χ0v) is 10.4. The summed E-state index contributed by atoms with van der Waals surface area (Å²) in [7, 11) is 2.02. The maximum Gasteiger partial charge on any atom is 0.123 e. The van der Waals surface area contributed by atoms with Crippen molar-refractivity contribution < 1.29 is 0 Å². The summed E-state index contributed by atoms with van der Waals surface area (Å²) in [5, 5.41) is 0.755. The van der Waals surface area contributed by atoms with E-state index in [2.05, 4.69) is 9.88 Å². The molecule has 88 valence electrons. The van der Waals surface area contributed by atoms with E-state index in [4.69, 9.17) is 17.3 Å². The van der Waals surface area contributed by atoms with Crippen molar-refractivity contribution in [1.82, 2.24) is 4.98 Å². The molecule has 0 aliphatic rings. The van der Waals surface area contributed by atoms with E-state index in [1.807, 2.05) is 37.4 Å². The maximum atomic E-state index is 5.85. The summed E-state index contributed by atoms with van der Waals surface area (Å²) >= 11 is 5.85. The first-order valence-corrected chi connectivity index (χ1v) is 5.70. The molecule has 0 radical (unpaired) electrons. The summed E-state index contributed by atoms with van der Waals surface area (Å²) < 4.78 is 0. The molecule has 2 rings (SSSR count). The third-order valence-corrected chi connectivity index (χ3v) is 2.80. The number of halogens is 1. The molecule has 0 aliphatic carbocycles. The zero-order chi connectivity index (χ0) is 12.3. The summed E-state index contributed by atoms with van der Waals surface area (Å²) in [5.41, 5.74) is 7.79. The lowest BCUT2D eigenvalue weighted by Crippen LogP contribution is -2.16. The number of nitrogens with two attached hydrogens (primary N) is 1. The van der Waals surface area contributed by atoms with Crippen LogP contribution in [-0.2, 0) is 6.54 Å². The van der Waals surface area contributed by atoms with Crippen molar-refractivity contribution in [2.45, 2.75) is 6.54 Å². The lowest BCUT2D eigenvalue weighted by atomic mass is 10.2. The number of anilines is 2. The minimum absolute atomic E-state index is 0.536. The van der Waals surface area contributed by atoms with Crippen molar-refractivity contribution in [1.29, 1.82) is 0 Å². The van der Waals surface area contributed by atoms with Gasteiger partial charge in [-0.15, -0.1) is 0 Å². The van der Waals surface area contributed by atoms with E-state index in [0.29, 0.717) is 5.82 Å². The largest absolute Gasteiger partial charge is 0.384 e. The van der Waals surface area contributed by atoms with Gasteiger partial charge in [-0.1, -0.05) is 23.7 Å². The number of hydrogen-bond acceptors (Lipinski definition) is 3. The molecular weight excluding hydrogens is 234 g/mol. The van der Waals surface area contributed by atoms with Crippen LogP contribution in [0.15, 0.2) is 42.6 Å². The van der Waals surface area contributed by atoms with Gasteiger partial charge in [0.25, 0.3) is 0 Å². The van der Waals surface area contributed by atoms with Gasteiger partial charge in [0.2, 0.25) is 0 Å². The Morgan fingerprint density at radius 1 is 1.18 bits per heavy atom. The summed E-state index contributed by atoms with van der Waals surface area (Å²) in [6.07, 6.45) is 1.77. The molecule has 0 amide bonds. The van der Waals surface area contributed by atoms with Crippen LogP contribution in [0.5, 0.6) is 0 Å². The highest BCUT2D eigenvalue weighted by atomic mass is 35.5. The molecule has 0 unspecified atom stereocenters. The Morgan fingerprint density at radius 3 is 2.47 bits per heavy atom. The van der Waals surface area contributed by atoms with Gasteiger partial charge in [-0.05, 0) is 29.8 Å². The van der Waals surface area contributed by atoms with E-state index in [-0.39, 0.29) is 0 Å². The van der Waals surface area contributed by atoms with Gasteiger partial charge in [0, 0.05) is 18.6 Å². The molecule has 0 saturated carbocycles. The predicted octanol–water partition coefficient (Wildman–Crippen LogP) is 2.95. The normalized spacial score (nSPS) is 10.2. The van der Waals surface area contributed by atoms with E-state index in [1.165, 1.54) is 5.56 Å². The molecule has 1 heterocycles. The Kier molecular flexibility index (Phi) is 3.49. The molecular formula is C13H14ClN3. The van der Waals surface area contributed by atoms with Gasteiger partial charge in [-0.2, -0.15) is 0 Å². The van der Waals surface area contributed by atoms with Crippen molar-refractivity contribution in [3.05, 3.63) is 53.2 Å². The van der Waals surface area contributed by atoms with Gasteiger partial charge in [0.1, 0.15) is 5.82 Å². The Labute approximate surface area is 106 Å². The first-order chi connectivity index (χ1) is 8.15. The number of hydrogen-bond donors (Lipinski definition) is 1. The fourth-order valence-corrected chi connectivity index (χ4v) is 1.70. The SMILES string of the molecule is CN(Cc1ccc(Cl)cc1)c1ccc(N)nc1. The molecule has 0 aliphatic heterocycles. The fraction of sp³-hybridized carbons (Fsp3) is 0.154. The highest BCUT2D eigenvalue weighted by molar-refractivity contribution is 6.30. The molecule has 0 fully saturated rings. The van der Waals surface area contributed by atoms with Crippen molar-refractivity contribution >= 4 is 23.1 Å². The van der Waals surface area contributed by atoms with Crippen LogP contribution in [0.2, 0.25) is 5.02 Å². The first-order valence-electron chi connectivity index (χ1n) is 5.32. The summed E-state index contributed by atoms with van der Waals surface area (Å²) in [5.74, 6) is 0.536. The number of nitrogens with zero attached hydrogens (tertiary/aromatic N) is 2. The van der Waals surface area contributed by atoms with Crippen molar-refractivity contribution in [3.8, 4) is 0 Å². The second-order valence-electron chi connectivity index (χ2n) is 3.92. The van der Waals surface area contributed by atoms with Gasteiger partial charge in [-0.25, -0.2) is 4.98 Å². The molecule has 0 saturated heterocycles. The van der Waals surface area contributed by atoms with Gasteiger partial charge in [0.15, 0.2) is 0 Å².